The summed E-state index contributed by atoms with van der Waals surface area (Å²) in [7, 11) is 0. The van der Waals surface area contributed by atoms with Crippen molar-refractivity contribution < 1.29 is 0 Å². The summed E-state index contributed by atoms with van der Waals surface area (Å²) < 4.78 is 0. The minimum absolute atomic E-state index is 0.325. The number of anilines is 2. The topological polar surface area (TPSA) is 71.2 Å². The molecule has 4 rings (SSSR count). The molecule has 1 unspecified atom stereocenters. The maximum Gasteiger partial charge on any atom is 0.225 e. The molecule has 26 heavy (non-hydrogen) atoms. The number of rotatable bonds is 3. The van der Waals surface area contributed by atoms with Gasteiger partial charge in [0, 0.05) is 43.8 Å². The highest BCUT2D eigenvalue weighted by Crippen LogP contribution is 2.26. The molecule has 2 N–H and O–H groups in total. The molecule has 6 nitrogen and oxygen atoms in total. The summed E-state index contributed by atoms with van der Waals surface area (Å²) in [4.78, 5) is 17.8. The van der Waals surface area contributed by atoms with Gasteiger partial charge >= 0.3 is 0 Å². The number of nitrogens with zero attached hydrogens (tertiary/aromatic N) is 5. The van der Waals surface area contributed by atoms with E-state index in [0.29, 0.717) is 16.8 Å². The van der Waals surface area contributed by atoms with Crippen LogP contribution in [0.4, 0.5) is 11.6 Å². The summed E-state index contributed by atoms with van der Waals surface area (Å²) in [5, 5.41) is 1.73. The predicted molar refractivity (Wildman–Crippen MR) is 105 cm³/mol. The largest absolute Gasteiger partial charge is 0.396 e. The van der Waals surface area contributed by atoms with Crippen molar-refractivity contribution in [3.8, 4) is 0 Å². The van der Waals surface area contributed by atoms with Crippen molar-refractivity contribution in [2.45, 2.75) is 13.0 Å². The molecular weight excluding hydrogens is 348 g/mol. The minimum Gasteiger partial charge on any atom is -0.396 e. The van der Waals surface area contributed by atoms with Crippen LogP contribution in [0.2, 0.25) is 5.02 Å². The van der Waals surface area contributed by atoms with E-state index < -0.39 is 0 Å². The summed E-state index contributed by atoms with van der Waals surface area (Å²) in [5.74, 6) is 0.748. The molecule has 1 saturated heterocycles. The van der Waals surface area contributed by atoms with Gasteiger partial charge in [-0.05, 0) is 24.6 Å². The molecule has 0 amide bonds. The molecule has 1 aliphatic rings. The van der Waals surface area contributed by atoms with E-state index in [-0.39, 0.29) is 0 Å². The number of hydrogen-bond acceptors (Lipinski definition) is 6. The second kappa shape index (κ2) is 7.05. The van der Waals surface area contributed by atoms with E-state index in [1.165, 1.54) is 5.56 Å². The van der Waals surface area contributed by atoms with Crippen LogP contribution in [0.25, 0.3) is 10.9 Å². The number of hydrogen-bond donors (Lipinski definition) is 1. The SMILES string of the molecule is CC(c1ccc2cc(Cl)cnc2c1)N1CCN(c2ncc(N)cn2)CC1. The second-order valence-corrected chi connectivity index (χ2v) is 7.06. The van der Waals surface area contributed by atoms with Gasteiger partial charge in [0.05, 0.1) is 28.6 Å². The van der Waals surface area contributed by atoms with Gasteiger partial charge in [-0.2, -0.15) is 0 Å². The maximum absolute atomic E-state index is 6.02. The van der Waals surface area contributed by atoms with Crippen LogP contribution in [0, 0.1) is 0 Å². The quantitative estimate of drug-likeness (QED) is 0.765. The average Bonchev–Trinajstić information content (AvgIpc) is 2.68. The fraction of sp³-hybridized carbons (Fsp3) is 0.316. The summed E-state index contributed by atoms with van der Waals surface area (Å²) in [6.07, 6.45) is 5.01. The number of halogens is 1. The lowest BCUT2D eigenvalue weighted by molar-refractivity contribution is 0.198. The number of piperazine rings is 1. The Morgan fingerprint density at radius 1 is 1.00 bits per heavy atom. The number of aromatic nitrogens is 3. The molecule has 1 aliphatic heterocycles. The zero-order valence-electron chi connectivity index (χ0n) is 14.6. The van der Waals surface area contributed by atoms with E-state index in [2.05, 4.69) is 49.9 Å². The Hall–Kier alpha value is -2.44. The van der Waals surface area contributed by atoms with Gasteiger partial charge in [-0.3, -0.25) is 9.88 Å². The first kappa shape index (κ1) is 17.0. The molecule has 134 valence electrons. The van der Waals surface area contributed by atoms with Gasteiger partial charge in [0.25, 0.3) is 0 Å². The van der Waals surface area contributed by atoms with Gasteiger partial charge in [-0.15, -0.1) is 0 Å². The lowest BCUT2D eigenvalue weighted by Gasteiger charge is -2.38. The molecule has 1 fully saturated rings. The smallest absolute Gasteiger partial charge is 0.225 e. The van der Waals surface area contributed by atoms with Crippen LogP contribution in [0.15, 0.2) is 42.9 Å². The highest BCUT2D eigenvalue weighted by Gasteiger charge is 2.23. The molecule has 3 heterocycles. The predicted octanol–water partition coefficient (Wildman–Crippen LogP) is 3.14. The molecule has 1 atom stereocenters. The van der Waals surface area contributed by atoms with Gasteiger partial charge < -0.3 is 10.6 Å². The van der Waals surface area contributed by atoms with Crippen LogP contribution in [0.3, 0.4) is 0 Å². The zero-order valence-corrected chi connectivity index (χ0v) is 15.4. The molecule has 0 aliphatic carbocycles. The fourth-order valence-corrected chi connectivity index (χ4v) is 3.55. The van der Waals surface area contributed by atoms with Gasteiger partial charge in [0.2, 0.25) is 5.95 Å². The van der Waals surface area contributed by atoms with Crippen LogP contribution >= 0.6 is 11.6 Å². The van der Waals surface area contributed by atoms with Crippen LogP contribution in [-0.2, 0) is 0 Å². The third-order valence-electron chi connectivity index (χ3n) is 4.96. The molecule has 1 aromatic carbocycles. The van der Waals surface area contributed by atoms with E-state index in [0.717, 1.165) is 43.0 Å². The standard InChI is InChI=1S/C19H21ClN6/c1-13(14-2-3-15-8-16(20)10-22-18(15)9-14)25-4-6-26(7-5-25)19-23-11-17(21)12-24-19/h2-3,8-13H,4-7,21H2,1H3. The van der Waals surface area contributed by atoms with E-state index in [9.17, 15) is 0 Å². The number of benzene rings is 1. The Kier molecular flexibility index (Phi) is 4.61. The monoisotopic (exact) mass is 368 g/mol. The van der Waals surface area contributed by atoms with Gasteiger partial charge in [0.15, 0.2) is 0 Å². The highest BCUT2D eigenvalue weighted by molar-refractivity contribution is 6.31. The van der Waals surface area contributed by atoms with Crippen molar-refractivity contribution in [3.63, 3.8) is 0 Å². The van der Waals surface area contributed by atoms with Crippen molar-refractivity contribution in [1.82, 2.24) is 19.9 Å². The van der Waals surface area contributed by atoms with Gasteiger partial charge in [0.1, 0.15) is 0 Å². The molecule has 0 radical (unpaired) electrons. The first-order valence-electron chi connectivity index (χ1n) is 8.72. The third kappa shape index (κ3) is 3.43. The van der Waals surface area contributed by atoms with Crippen LogP contribution < -0.4 is 10.6 Å². The summed E-state index contributed by atoms with van der Waals surface area (Å²) in [6.45, 7) is 5.96. The Morgan fingerprint density at radius 3 is 2.46 bits per heavy atom. The minimum atomic E-state index is 0.325. The highest BCUT2D eigenvalue weighted by atomic mass is 35.5. The molecule has 3 aromatic rings. The number of fused-ring (bicyclic) bond motifs is 1. The van der Waals surface area contributed by atoms with Crippen molar-refractivity contribution in [2.24, 2.45) is 0 Å². The molecule has 0 spiro atoms. The molecule has 7 heteroatoms. The number of pyridine rings is 1. The number of nitrogen functional groups attached to an aromatic ring is 1. The average molecular weight is 369 g/mol. The first-order chi connectivity index (χ1) is 12.6. The van der Waals surface area contributed by atoms with Crippen LogP contribution in [-0.4, -0.2) is 46.0 Å². The van der Waals surface area contributed by atoms with E-state index in [1.807, 2.05) is 6.07 Å². The summed E-state index contributed by atoms with van der Waals surface area (Å²) in [6, 6.07) is 8.69. The Bertz CT molecular complexity index is 906. The molecule has 0 saturated carbocycles. The lowest BCUT2D eigenvalue weighted by Crippen LogP contribution is -2.47. The van der Waals surface area contributed by atoms with Crippen molar-refractivity contribution in [3.05, 3.63) is 53.4 Å². The Labute approximate surface area is 157 Å². The van der Waals surface area contributed by atoms with Crippen molar-refractivity contribution in [2.75, 3.05) is 36.8 Å². The van der Waals surface area contributed by atoms with Crippen molar-refractivity contribution >= 4 is 34.1 Å². The molecule has 2 aromatic heterocycles. The van der Waals surface area contributed by atoms with E-state index in [1.54, 1.807) is 18.6 Å². The number of nitrogens with two attached hydrogens (primary N) is 1. The Morgan fingerprint density at radius 2 is 1.73 bits per heavy atom. The second-order valence-electron chi connectivity index (χ2n) is 6.62. The summed E-state index contributed by atoms with van der Waals surface area (Å²) >= 11 is 6.02. The van der Waals surface area contributed by atoms with Crippen molar-refractivity contribution in [1.29, 1.82) is 0 Å². The Balaban J connectivity index is 1.45. The zero-order chi connectivity index (χ0) is 18.1. The lowest BCUT2D eigenvalue weighted by atomic mass is 10.0. The fourth-order valence-electron chi connectivity index (χ4n) is 3.39. The first-order valence-corrected chi connectivity index (χ1v) is 9.10. The van der Waals surface area contributed by atoms with Gasteiger partial charge in [-0.25, -0.2) is 9.97 Å². The van der Waals surface area contributed by atoms with Crippen LogP contribution in [0.5, 0.6) is 0 Å². The van der Waals surface area contributed by atoms with E-state index in [4.69, 9.17) is 17.3 Å². The van der Waals surface area contributed by atoms with Gasteiger partial charge in [-0.1, -0.05) is 23.7 Å². The third-order valence-corrected chi connectivity index (χ3v) is 5.17. The summed E-state index contributed by atoms with van der Waals surface area (Å²) in [5.41, 5.74) is 8.50. The maximum atomic E-state index is 6.02. The normalized spacial score (nSPS) is 16.8. The van der Waals surface area contributed by atoms with E-state index >= 15 is 0 Å². The van der Waals surface area contributed by atoms with Crippen LogP contribution in [0.1, 0.15) is 18.5 Å². The molecule has 0 bridgehead atoms. The molecular formula is C19H21ClN6.